The molecule has 0 amide bonds. The van der Waals surface area contributed by atoms with Crippen LogP contribution in [0.5, 0.6) is 11.5 Å². The van der Waals surface area contributed by atoms with Crippen LogP contribution in [0, 0.1) is 13.8 Å². The van der Waals surface area contributed by atoms with Crippen LogP contribution in [0.4, 0.5) is 0 Å². The van der Waals surface area contributed by atoms with Gasteiger partial charge in [-0.15, -0.1) is 0 Å². The second-order valence-electron chi connectivity index (χ2n) is 8.14. The Balaban J connectivity index is 1.40. The number of hydrogen-bond donors (Lipinski definition) is 0. The molecule has 29 heavy (non-hydrogen) atoms. The topological polar surface area (TPSA) is 48.4 Å². The number of ketones is 1. The smallest absolute Gasteiger partial charge is 0.231 e. The van der Waals surface area contributed by atoms with Gasteiger partial charge in [0, 0.05) is 17.7 Å². The number of carbonyl (C=O) groups excluding carboxylic acids is 1. The van der Waals surface area contributed by atoms with E-state index in [1.807, 2.05) is 36.4 Å². The van der Waals surface area contributed by atoms with Crippen molar-refractivity contribution in [3.63, 3.8) is 0 Å². The van der Waals surface area contributed by atoms with Crippen LogP contribution in [0.15, 0.2) is 54.6 Å². The molecule has 1 aliphatic heterocycles. The summed E-state index contributed by atoms with van der Waals surface area (Å²) in [7, 11) is 0. The lowest BCUT2D eigenvalue weighted by atomic mass is 9.88. The highest BCUT2D eigenvalue weighted by Gasteiger charge is 2.50. The van der Waals surface area contributed by atoms with Crippen LogP contribution in [0.2, 0.25) is 0 Å². The van der Waals surface area contributed by atoms with E-state index < -0.39 is 5.41 Å². The van der Waals surface area contributed by atoms with Crippen LogP contribution in [0.25, 0.3) is 11.3 Å². The Morgan fingerprint density at radius 2 is 1.72 bits per heavy atom. The maximum absolute atomic E-state index is 13.2. The van der Waals surface area contributed by atoms with Gasteiger partial charge in [-0.3, -0.25) is 9.78 Å². The number of rotatable bonds is 5. The Bertz CT molecular complexity index is 1090. The molecule has 4 nitrogen and oxygen atoms in total. The summed E-state index contributed by atoms with van der Waals surface area (Å²) in [5.74, 6) is 1.71. The summed E-state index contributed by atoms with van der Waals surface area (Å²) in [4.78, 5) is 18.0. The highest BCUT2D eigenvalue weighted by atomic mass is 16.7. The first-order valence-corrected chi connectivity index (χ1v) is 10.0. The summed E-state index contributed by atoms with van der Waals surface area (Å²) in [5, 5.41) is 0. The lowest BCUT2D eigenvalue weighted by Crippen LogP contribution is -2.23. The summed E-state index contributed by atoms with van der Waals surface area (Å²) >= 11 is 0. The van der Waals surface area contributed by atoms with Crippen molar-refractivity contribution in [2.45, 2.75) is 38.5 Å². The molecule has 146 valence electrons. The number of fused-ring (bicyclic) bond motifs is 1. The van der Waals surface area contributed by atoms with Crippen molar-refractivity contribution in [1.29, 1.82) is 0 Å². The Kier molecular flexibility index (Phi) is 4.16. The number of hydrogen-bond acceptors (Lipinski definition) is 4. The van der Waals surface area contributed by atoms with E-state index in [0.717, 1.165) is 46.9 Å². The van der Waals surface area contributed by atoms with Crippen LogP contribution in [-0.4, -0.2) is 17.6 Å². The lowest BCUT2D eigenvalue weighted by molar-refractivity contribution is -0.120. The second-order valence-corrected chi connectivity index (χ2v) is 8.14. The first-order chi connectivity index (χ1) is 14.0. The number of aromatic nitrogens is 1. The molecule has 5 rings (SSSR count). The second kappa shape index (κ2) is 6.73. The molecule has 1 saturated carbocycles. The van der Waals surface area contributed by atoms with E-state index in [2.05, 4.69) is 32.0 Å². The van der Waals surface area contributed by atoms with Gasteiger partial charge in [-0.2, -0.15) is 0 Å². The SMILES string of the molecule is Cc1cc(C)cc(-c2cccc(CC(=O)C3(c4ccc5c(c4)OCO5)CC3)n2)c1. The van der Waals surface area contributed by atoms with Gasteiger partial charge in [0.05, 0.1) is 11.1 Å². The molecular formula is C25H23NO3. The largest absolute Gasteiger partial charge is 0.454 e. The summed E-state index contributed by atoms with van der Waals surface area (Å²) in [6, 6.07) is 18.2. The zero-order valence-electron chi connectivity index (χ0n) is 16.7. The zero-order chi connectivity index (χ0) is 20.0. The Morgan fingerprint density at radius 1 is 0.966 bits per heavy atom. The van der Waals surface area contributed by atoms with Crippen molar-refractivity contribution < 1.29 is 14.3 Å². The molecule has 4 heteroatoms. The number of aryl methyl sites for hydroxylation is 2. The van der Waals surface area contributed by atoms with Gasteiger partial charge in [-0.1, -0.05) is 29.3 Å². The molecule has 0 radical (unpaired) electrons. The van der Waals surface area contributed by atoms with Gasteiger partial charge < -0.3 is 9.47 Å². The minimum Gasteiger partial charge on any atom is -0.454 e. The third-order valence-corrected chi connectivity index (χ3v) is 5.87. The predicted octanol–water partition coefficient (Wildman–Crippen LogP) is 4.94. The van der Waals surface area contributed by atoms with Crippen LogP contribution in [-0.2, 0) is 16.6 Å². The van der Waals surface area contributed by atoms with Gasteiger partial charge >= 0.3 is 0 Å². The van der Waals surface area contributed by atoms with Gasteiger partial charge in [-0.25, -0.2) is 0 Å². The fourth-order valence-electron chi connectivity index (χ4n) is 4.24. The molecule has 1 aromatic heterocycles. The maximum atomic E-state index is 13.2. The number of pyridine rings is 1. The number of nitrogens with zero attached hydrogens (tertiary/aromatic N) is 1. The molecular weight excluding hydrogens is 362 g/mol. The number of Topliss-reactive ketones (excluding diaryl/α,β-unsaturated/α-hetero) is 1. The van der Waals surface area contributed by atoms with Crippen LogP contribution >= 0.6 is 0 Å². The minimum atomic E-state index is -0.404. The maximum Gasteiger partial charge on any atom is 0.231 e. The van der Waals surface area contributed by atoms with Crippen molar-refractivity contribution in [3.05, 3.63) is 77.0 Å². The number of carbonyl (C=O) groups is 1. The average molecular weight is 385 g/mol. The van der Waals surface area contributed by atoms with Crippen molar-refractivity contribution in [1.82, 2.24) is 4.98 Å². The fourth-order valence-corrected chi connectivity index (χ4v) is 4.24. The van der Waals surface area contributed by atoms with Crippen molar-refractivity contribution >= 4 is 5.78 Å². The highest BCUT2D eigenvalue weighted by molar-refractivity contribution is 5.94. The van der Waals surface area contributed by atoms with Gasteiger partial charge in [0.1, 0.15) is 5.78 Å². The summed E-state index contributed by atoms with van der Waals surface area (Å²) in [5.41, 5.74) is 5.86. The third-order valence-electron chi connectivity index (χ3n) is 5.87. The monoisotopic (exact) mass is 385 g/mol. The van der Waals surface area contributed by atoms with E-state index in [9.17, 15) is 4.79 Å². The summed E-state index contributed by atoms with van der Waals surface area (Å²) in [6.45, 7) is 4.42. The molecule has 0 spiro atoms. The van der Waals surface area contributed by atoms with E-state index in [0.29, 0.717) is 6.42 Å². The van der Waals surface area contributed by atoms with E-state index in [1.54, 1.807) is 0 Å². The first-order valence-electron chi connectivity index (χ1n) is 10.0. The normalized spacial score (nSPS) is 15.9. The highest BCUT2D eigenvalue weighted by Crippen LogP contribution is 2.51. The molecule has 0 N–H and O–H groups in total. The van der Waals surface area contributed by atoms with Gasteiger partial charge in [0.15, 0.2) is 11.5 Å². The molecule has 2 heterocycles. The van der Waals surface area contributed by atoms with Crippen LogP contribution in [0.1, 0.15) is 35.2 Å². The Hall–Kier alpha value is -3.14. The molecule has 1 aliphatic carbocycles. The number of benzene rings is 2. The van der Waals surface area contributed by atoms with E-state index >= 15 is 0 Å². The molecule has 0 atom stereocenters. The minimum absolute atomic E-state index is 0.224. The molecule has 0 saturated heterocycles. The standard InChI is InChI=1S/C25H23NO3/c1-16-10-17(2)12-18(11-16)21-5-3-4-20(26-21)14-24(27)25(8-9-25)19-6-7-22-23(13-19)29-15-28-22/h3-7,10-13H,8-9,14-15H2,1-2H3. The fraction of sp³-hybridized carbons (Fsp3) is 0.280. The molecule has 3 aromatic rings. The van der Waals surface area contributed by atoms with Crippen molar-refractivity contribution in [3.8, 4) is 22.8 Å². The average Bonchev–Trinajstić information content (AvgIpc) is 3.38. The van der Waals surface area contributed by atoms with Crippen molar-refractivity contribution in [2.24, 2.45) is 0 Å². The molecule has 2 aliphatic rings. The summed E-state index contributed by atoms with van der Waals surface area (Å²) in [6.07, 6.45) is 2.09. The quantitative estimate of drug-likeness (QED) is 0.624. The molecule has 1 fully saturated rings. The van der Waals surface area contributed by atoms with E-state index in [1.165, 1.54) is 11.1 Å². The van der Waals surface area contributed by atoms with Gasteiger partial charge in [0.2, 0.25) is 6.79 Å². The Labute approximate surface area is 170 Å². The molecule has 0 unspecified atom stereocenters. The molecule has 2 aromatic carbocycles. The molecule has 0 bridgehead atoms. The number of ether oxygens (including phenoxy) is 2. The van der Waals surface area contributed by atoms with E-state index in [4.69, 9.17) is 14.5 Å². The summed E-state index contributed by atoms with van der Waals surface area (Å²) < 4.78 is 10.9. The first kappa shape index (κ1) is 17.9. The Morgan fingerprint density at radius 3 is 2.48 bits per heavy atom. The van der Waals surface area contributed by atoms with Crippen molar-refractivity contribution in [2.75, 3.05) is 6.79 Å². The van der Waals surface area contributed by atoms with E-state index in [-0.39, 0.29) is 12.6 Å². The zero-order valence-corrected chi connectivity index (χ0v) is 16.7. The van der Waals surface area contributed by atoms with Crippen LogP contribution < -0.4 is 9.47 Å². The van der Waals surface area contributed by atoms with Gasteiger partial charge in [0.25, 0.3) is 0 Å². The van der Waals surface area contributed by atoms with Crippen LogP contribution in [0.3, 0.4) is 0 Å². The van der Waals surface area contributed by atoms with Gasteiger partial charge in [-0.05, 0) is 68.7 Å². The third kappa shape index (κ3) is 3.29. The lowest BCUT2D eigenvalue weighted by Gasteiger charge is -2.15. The predicted molar refractivity (Wildman–Crippen MR) is 111 cm³/mol.